The molecule has 0 aliphatic heterocycles. The first kappa shape index (κ1) is 16.5. The molecule has 0 heterocycles. The Morgan fingerprint density at radius 1 is 1.25 bits per heavy atom. The van der Waals surface area contributed by atoms with Crippen molar-refractivity contribution in [2.45, 2.75) is 39.2 Å². The van der Waals surface area contributed by atoms with E-state index in [9.17, 15) is 4.79 Å². The average Bonchev–Trinajstić information content (AvgIpc) is 2.41. The Balaban J connectivity index is 2.13. The zero-order valence-corrected chi connectivity index (χ0v) is 12.6. The number of nitrogens with zero attached hydrogens (tertiary/aromatic N) is 1. The molecule has 0 aliphatic carbocycles. The molecule has 0 spiro atoms. The number of hydrogen-bond donors (Lipinski definition) is 1. The Hall–Kier alpha value is -1.55. The van der Waals surface area contributed by atoms with Crippen LogP contribution >= 0.6 is 0 Å². The van der Waals surface area contributed by atoms with Gasteiger partial charge in [-0.05, 0) is 45.0 Å². The van der Waals surface area contributed by atoms with Gasteiger partial charge in [-0.3, -0.25) is 4.79 Å². The molecule has 0 unspecified atom stereocenters. The molecule has 4 nitrogen and oxygen atoms in total. The number of unbranched alkanes of at least 4 members (excludes halogenated alkanes) is 2. The highest BCUT2D eigenvalue weighted by Crippen LogP contribution is 2.13. The van der Waals surface area contributed by atoms with Gasteiger partial charge in [-0.1, -0.05) is 24.6 Å². The maximum Gasteiger partial charge on any atom is 0.305 e. The smallest absolute Gasteiger partial charge is 0.305 e. The molecule has 0 amide bonds. The van der Waals surface area contributed by atoms with Crippen molar-refractivity contribution in [3.05, 3.63) is 29.8 Å². The zero-order valence-electron chi connectivity index (χ0n) is 12.6. The molecule has 20 heavy (non-hydrogen) atoms. The van der Waals surface area contributed by atoms with Crippen LogP contribution in [0.2, 0.25) is 0 Å². The predicted octanol–water partition coefficient (Wildman–Crippen LogP) is 2.82. The van der Waals surface area contributed by atoms with E-state index in [4.69, 9.17) is 10.5 Å². The summed E-state index contributed by atoms with van der Waals surface area (Å²) in [7, 11) is 2.10. The van der Waals surface area contributed by atoms with Crippen molar-refractivity contribution >= 4 is 11.7 Å². The summed E-state index contributed by atoms with van der Waals surface area (Å²) in [5.74, 6) is -0.0853. The van der Waals surface area contributed by atoms with Crippen LogP contribution < -0.4 is 5.73 Å². The highest BCUT2D eigenvalue weighted by Gasteiger charge is 2.04. The number of nitrogen functional groups attached to an aromatic ring is 1. The van der Waals surface area contributed by atoms with E-state index in [0.717, 1.165) is 38.0 Å². The van der Waals surface area contributed by atoms with Crippen molar-refractivity contribution in [2.75, 3.05) is 25.9 Å². The lowest BCUT2D eigenvalue weighted by atomic mass is 10.1. The number of ether oxygens (including phenoxy) is 1. The van der Waals surface area contributed by atoms with Crippen LogP contribution in [0.15, 0.2) is 24.3 Å². The lowest BCUT2D eigenvalue weighted by Gasteiger charge is -2.17. The highest BCUT2D eigenvalue weighted by molar-refractivity contribution is 5.69. The molecule has 0 aliphatic rings. The molecule has 1 aromatic carbocycles. The fourth-order valence-corrected chi connectivity index (χ4v) is 2.11. The van der Waals surface area contributed by atoms with Crippen molar-refractivity contribution in [3.8, 4) is 0 Å². The highest BCUT2D eigenvalue weighted by atomic mass is 16.5. The van der Waals surface area contributed by atoms with Gasteiger partial charge in [0, 0.05) is 18.7 Å². The second kappa shape index (κ2) is 9.37. The molecule has 0 bridgehead atoms. The third-order valence-electron chi connectivity index (χ3n) is 3.22. The molecule has 0 atom stereocenters. The van der Waals surface area contributed by atoms with E-state index in [1.165, 1.54) is 5.56 Å². The second-order valence-electron chi connectivity index (χ2n) is 5.05. The fraction of sp³-hybridized carbons (Fsp3) is 0.562. The van der Waals surface area contributed by atoms with E-state index in [1.54, 1.807) is 0 Å². The topological polar surface area (TPSA) is 55.6 Å². The standard InChI is InChI=1S/C16H26N2O2/c1-3-20-16(19)11-5-4-8-12-18(2)13-14-9-6-7-10-15(14)17/h6-7,9-10H,3-5,8,11-13,17H2,1-2H3. The van der Waals surface area contributed by atoms with Crippen LogP contribution in [0.4, 0.5) is 5.69 Å². The summed E-state index contributed by atoms with van der Waals surface area (Å²) in [5, 5.41) is 0. The van der Waals surface area contributed by atoms with Gasteiger partial charge in [-0.25, -0.2) is 0 Å². The molecule has 0 saturated carbocycles. The largest absolute Gasteiger partial charge is 0.466 e. The van der Waals surface area contributed by atoms with Crippen molar-refractivity contribution in [1.82, 2.24) is 4.90 Å². The summed E-state index contributed by atoms with van der Waals surface area (Å²) in [6.45, 7) is 4.18. The number of carbonyl (C=O) groups excluding carboxylic acids is 1. The summed E-state index contributed by atoms with van der Waals surface area (Å²) in [6.07, 6.45) is 3.57. The molecule has 1 rings (SSSR count). The van der Waals surface area contributed by atoms with Crippen molar-refractivity contribution in [2.24, 2.45) is 0 Å². The maximum absolute atomic E-state index is 11.2. The van der Waals surface area contributed by atoms with Gasteiger partial charge in [0.2, 0.25) is 0 Å². The molecule has 1 aromatic rings. The Labute approximate surface area is 121 Å². The van der Waals surface area contributed by atoms with Crippen LogP contribution in [-0.2, 0) is 16.1 Å². The van der Waals surface area contributed by atoms with Gasteiger partial charge in [0.05, 0.1) is 6.61 Å². The van der Waals surface area contributed by atoms with Gasteiger partial charge in [-0.15, -0.1) is 0 Å². The molecule has 2 N–H and O–H groups in total. The zero-order chi connectivity index (χ0) is 14.8. The molecule has 0 fully saturated rings. The molecule has 112 valence electrons. The number of rotatable bonds is 9. The Kier molecular flexibility index (Phi) is 7.73. The Morgan fingerprint density at radius 3 is 2.70 bits per heavy atom. The number of benzene rings is 1. The summed E-state index contributed by atoms with van der Waals surface area (Å²) < 4.78 is 4.90. The minimum Gasteiger partial charge on any atom is -0.466 e. The first-order valence-electron chi connectivity index (χ1n) is 7.31. The van der Waals surface area contributed by atoms with Gasteiger partial charge in [0.1, 0.15) is 0 Å². The first-order valence-corrected chi connectivity index (χ1v) is 7.31. The summed E-state index contributed by atoms with van der Waals surface area (Å²) >= 11 is 0. The van der Waals surface area contributed by atoms with E-state index in [0.29, 0.717) is 13.0 Å². The normalized spacial score (nSPS) is 10.8. The van der Waals surface area contributed by atoms with E-state index in [-0.39, 0.29) is 5.97 Å². The summed E-state index contributed by atoms with van der Waals surface area (Å²) in [6, 6.07) is 7.96. The third kappa shape index (κ3) is 6.57. The maximum atomic E-state index is 11.2. The van der Waals surface area contributed by atoms with Gasteiger partial charge >= 0.3 is 5.97 Å². The number of esters is 1. The first-order chi connectivity index (χ1) is 9.63. The van der Waals surface area contributed by atoms with E-state index in [2.05, 4.69) is 18.0 Å². The second-order valence-corrected chi connectivity index (χ2v) is 5.05. The Morgan fingerprint density at radius 2 is 2.00 bits per heavy atom. The lowest BCUT2D eigenvalue weighted by Crippen LogP contribution is -2.19. The van der Waals surface area contributed by atoms with Crippen molar-refractivity contribution in [1.29, 1.82) is 0 Å². The number of para-hydroxylation sites is 1. The van der Waals surface area contributed by atoms with Gasteiger partial charge in [-0.2, -0.15) is 0 Å². The van der Waals surface area contributed by atoms with E-state index >= 15 is 0 Å². The van der Waals surface area contributed by atoms with Crippen molar-refractivity contribution < 1.29 is 9.53 Å². The minimum absolute atomic E-state index is 0.0853. The summed E-state index contributed by atoms with van der Waals surface area (Å²) in [4.78, 5) is 13.4. The molecule has 0 saturated heterocycles. The number of anilines is 1. The van der Waals surface area contributed by atoms with Crippen LogP contribution in [0.1, 0.15) is 38.2 Å². The lowest BCUT2D eigenvalue weighted by molar-refractivity contribution is -0.143. The van der Waals surface area contributed by atoms with Crippen LogP contribution in [0.3, 0.4) is 0 Å². The quantitative estimate of drug-likeness (QED) is 0.429. The number of hydrogen-bond acceptors (Lipinski definition) is 4. The third-order valence-corrected chi connectivity index (χ3v) is 3.22. The molecule has 4 heteroatoms. The van der Waals surface area contributed by atoms with Crippen LogP contribution in [0.25, 0.3) is 0 Å². The van der Waals surface area contributed by atoms with Crippen molar-refractivity contribution in [3.63, 3.8) is 0 Å². The van der Waals surface area contributed by atoms with Crippen LogP contribution in [0.5, 0.6) is 0 Å². The Bertz CT molecular complexity index is 407. The average molecular weight is 278 g/mol. The number of nitrogens with two attached hydrogens (primary N) is 1. The van der Waals surface area contributed by atoms with Crippen LogP contribution in [0, 0.1) is 0 Å². The van der Waals surface area contributed by atoms with Gasteiger partial charge in [0.25, 0.3) is 0 Å². The SMILES string of the molecule is CCOC(=O)CCCCCN(C)Cc1ccccc1N. The predicted molar refractivity (Wildman–Crippen MR) is 82.3 cm³/mol. The summed E-state index contributed by atoms with van der Waals surface area (Å²) in [5.41, 5.74) is 7.95. The molecule has 0 aromatic heterocycles. The molecular weight excluding hydrogens is 252 g/mol. The molecule has 0 radical (unpaired) electrons. The van der Waals surface area contributed by atoms with Gasteiger partial charge < -0.3 is 15.4 Å². The van der Waals surface area contributed by atoms with E-state index in [1.807, 2.05) is 25.1 Å². The monoisotopic (exact) mass is 278 g/mol. The molecular formula is C16H26N2O2. The fourth-order valence-electron chi connectivity index (χ4n) is 2.11. The van der Waals surface area contributed by atoms with Crippen LogP contribution in [-0.4, -0.2) is 31.1 Å². The van der Waals surface area contributed by atoms with Gasteiger partial charge in [0.15, 0.2) is 0 Å². The minimum atomic E-state index is -0.0853. The number of carbonyl (C=O) groups is 1. The van der Waals surface area contributed by atoms with E-state index < -0.39 is 0 Å².